The molecule has 0 saturated heterocycles. The molecule has 0 heterocycles. The first-order valence-corrected chi connectivity index (χ1v) is 8.19. The summed E-state index contributed by atoms with van der Waals surface area (Å²) in [6.45, 7) is 6.36. The van der Waals surface area contributed by atoms with E-state index in [1.807, 2.05) is 0 Å². The van der Waals surface area contributed by atoms with Crippen molar-refractivity contribution in [2.45, 2.75) is 58.0 Å². The molecule has 1 atom stereocenters. The summed E-state index contributed by atoms with van der Waals surface area (Å²) >= 11 is 0. The van der Waals surface area contributed by atoms with E-state index in [0.717, 1.165) is 5.92 Å². The minimum Gasteiger partial charge on any atom is -0.309 e. The highest BCUT2D eigenvalue weighted by Crippen LogP contribution is 2.33. The monoisotopic (exact) mass is 247 g/mol. The largest absolute Gasteiger partial charge is 0.309 e. The fraction of sp³-hybridized carbons (Fsp3) is 1.00. The molecule has 0 spiro atoms. The summed E-state index contributed by atoms with van der Waals surface area (Å²) in [5.41, 5.74) is -0.0859. The second-order valence-corrected chi connectivity index (χ2v) is 8.25. The highest BCUT2D eigenvalue weighted by molar-refractivity contribution is 7.90. The summed E-state index contributed by atoms with van der Waals surface area (Å²) < 4.78 is 22.2. The Morgan fingerprint density at radius 2 is 1.94 bits per heavy atom. The van der Waals surface area contributed by atoms with Gasteiger partial charge in [0.1, 0.15) is 9.84 Å². The first-order valence-electron chi connectivity index (χ1n) is 6.13. The Balaban J connectivity index is 2.31. The smallest absolute Gasteiger partial charge is 0.147 e. The zero-order valence-corrected chi connectivity index (χ0v) is 11.7. The number of rotatable bonds is 7. The van der Waals surface area contributed by atoms with Gasteiger partial charge < -0.3 is 5.32 Å². The molecule has 0 aromatic carbocycles. The average molecular weight is 247 g/mol. The molecule has 4 heteroatoms. The number of nitrogens with one attached hydrogen (secondary N) is 1. The van der Waals surface area contributed by atoms with E-state index in [1.54, 1.807) is 0 Å². The standard InChI is InChI=1S/C12H25NO2S/c1-10(9-11-5-6-11)13-12(2,3)7-8-16(4,14)15/h10-11,13H,5-9H2,1-4H3. The van der Waals surface area contributed by atoms with Crippen LogP contribution in [0.1, 0.15) is 46.5 Å². The first kappa shape index (κ1) is 14.0. The van der Waals surface area contributed by atoms with Crippen LogP contribution in [0.4, 0.5) is 0 Å². The van der Waals surface area contributed by atoms with E-state index in [9.17, 15) is 8.42 Å². The van der Waals surface area contributed by atoms with E-state index in [4.69, 9.17) is 0 Å². The third-order valence-electron chi connectivity index (χ3n) is 3.12. The summed E-state index contributed by atoms with van der Waals surface area (Å²) in [4.78, 5) is 0. The fourth-order valence-corrected chi connectivity index (χ4v) is 2.97. The lowest BCUT2D eigenvalue weighted by Gasteiger charge is -2.30. The molecule has 96 valence electrons. The Morgan fingerprint density at radius 3 is 2.38 bits per heavy atom. The lowest BCUT2D eigenvalue weighted by Crippen LogP contribution is -2.45. The van der Waals surface area contributed by atoms with E-state index >= 15 is 0 Å². The highest BCUT2D eigenvalue weighted by Gasteiger charge is 2.27. The first-order chi connectivity index (χ1) is 7.18. The third-order valence-corrected chi connectivity index (χ3v) is 4.06. The Labute approximate surface area is 99.9 Å². The van der Waals surface area contributed by atoms with Crippen LogP contribution in [0.5, 0.6) is 0 Å². The Hall–Kier alpha value is -0.0900. The highest BCUT2D eigenvalue weighted by atomic mass is 32.2. The molecule has 1 rings (SSSR count). The van der Waals surface area contributed by atoms with Crippen molar-refractivity contribution in [1.29, 1.82) is 0 Å². The lowest BCUT2D eigenvalue weighted by atomic mass is 9.99. The molecule has 1 aliphatic carbocycles. The molecule has 1 fully saturated rings. The maximum Gasteiger partial charge on any atom is 0.147 e. The van der Waals surface area contributed by atoms with Crippen molar-refractivity contribution in [3.05, 3.63) is 0 Å². The van der Waals surface area contributed by atoms with E-state index in [1.165, 1.54) is 25.5 Å². The van der Waals surface area contributed by atoms with Crippen molar-refractivity contribution >= 4 is 9.84 Å². The topological polar surface area (TPSA) is 46.2 Å². The minimum atomic E-state index is -2.84. The number of sulfone groups is 1. The van der Waals surface area contributed by atoms with E-state index in [-0.39, 0.29) is 11.3 Å². The summed E-state index contributed by atoms with van der Waals surface area (Å²) in [6.07, 6.45) is 5.95. The molecule has 0 amide bonds. The minimum absolute atomic E-state index is 0.0859. The molecule has 0 aromatic rings. The summed E-state index contributed by atoms with van der Waals surface area (Å²) in [7, 11) is -2.84. The van der Waals surface area contributed by atoms with Crippen LogP contribution in [-0.2, 0) is 9.84 Å². The van der Waals surface area contributed by atoms with Crippen molar-refractivity contribution in [2.75, 3.05) is 12.0 Å². The zero-order valence-electron chi connectivity index (χ0n) is 10.9. The van der Waals surface area contributed by atoms with Crippen LogP contribution >= 0.6 is 0 Å². The van der Waals surface area contributed by atoms with Crippen LogP contribution < -0.4 is 5.32 Å². The van der Waals surface area contributed by atoms with E-state index in [0.29, 0.717) is 12.5 Å². The Morgan fingerprint density at radius 1 is 1.38 bits per heavy atom. The summed E-state index contributed by atoms with van der Waals surface area (Å²) in [5.74, 6) is 1.18. The Bertz CT molecular complexity index is 318. The van der Waals surface area contributed by atoms with Crippen molar-refractivity contribution in [1.82, 2.24) is 5.32 Å². The molecular weight excluding hydrogens is 222 g/mol. The van der Waals surface area contributed by atoms with Gasteiger partial charge in [0, 0.05) is 17.8 Å². The summed E-state index contributed by atoms with van der Waals surface area (Å²) in [5, 5.41) is 3.54. The van der Waals surface area contributed by atoms with Crippen molar-refractivity contribution in [2.24, 2.45) is 5.92 Å². The molecule has 1 aliphatic rings. The molecular formula is C12H25NO2S. The average Bonchev–Trinajstić information content (AvgIpc) is 2.82. The number of hydrogen-bond donors (Lipinski definition) is 1. The fourth-order valence-electron chi connectivity index (χ4n) is 2.09. The SMILES string of the molecule is CC(CC1CC1)NC(C)(C)CCS(C)(=O)=O. The molecule has 16 heavy (non-hydrogen) atoms. The van der Waals surface area contributed by atoms with Gasteiger partial charge in [-0.05, 0) is 39.5 Å². The molecule has 0 radical (unpaired) electrons. The van der Waals surface area contributed by atoms with Crippen molar-refractivity contribution < 1.29 is 8.42 Å². The van der Waals surface area contributed by atoms with Gasteiger partial charge in [0.2, 0.25) is 0 Å². The van der Waals surface area contributed by atoms with Crippen LogP contribution in [0.25, 0.3) is 0 Å². The van der Waals surface area contributed by atoms with Crippen molar-refractivity contribution in [3.8, 4) is 0 Å². The second-order valence-electron chi connectivity index (χ2n) is 5.99. The molecule has 0 bridgehead atoms. The predicted molar refractivity (Wildman–Crippen MR) is 68.3 cm³/mol. The van der Waals surface area contributed by atoms with Gasteiger partial charge in [0.25, 0.3) is 0 Å². The van der Waals surface area contributed by atoms with Crippen LogP contribution in [0.2, 0.25) is 0 Å². The van der Waals surface area contributed by atoms with Gasteiger partial charge in [0.15, 0.2) is 0 Å². The lowest BCUT2D eigenvalue weighted by molar-refractivity contribution is 0.319. The van der Waals surface area contributed by atoms with Gasteiger partial charge in [-0.2, -0.15) is 0 Å². The van der Waals surface area contributed by atoms with Gasteiger partial charge in [-0.25, -0.2) is 8.42 Å². The molecule has 0 aliphatic heterocycles. The Kier molecular flexibility index (Phi) is 4.41. The van der Waals surface area contributed by atoms with Gasteiger partial charge in [-0.3, -0.25) is 0 Å². The zero-order chi connectivity index (χ0) is 12.4. The van der Waals surface area contributed by atoms with Gasteiger partial charge >= 0.3 is 0 Å². The van der Waals surface area contributed by atoms with Crippen LogP contribution in [0.15, 0.2) is 0 Å². The van der Waals surface area contributed by atoms with Gasteiger partial charge in [-0.1, -0.05) is 12.8 Å². The van der Waals surface area contributed by atoms with Gasteiger partial charge in [-0.15, -0.1) is 0 Å². The van der Waals surface area contributed by atoms with Crippen LogP contribution in [0.3, 0.4) is 0 Å². The molecule has 1 saturated carbocycles. The molecule has 1 unspecified atom stereocenters. The molecule has 0 aromatic heterocycles. The van der Waals surface area contributed by atoms with Crippen LogP contribution in [-0.4, -0.2) is 32.0 Å². The maximum absolute atomic E-state index is 11.1. The van der Waals surface area contributed by atoms with E-state index < -0.39 is 9.84 Å². The predicted octanol–water partition coefficient (Wildman–Crippen LogP) is 1.98. The van der Waals surface area contributed by atoms with Crippen molar-refractivity contribution in [3.63, 3.8) is 0 Å². The quantitative estimate of drug-likeness (QED) is 0.748. The number of hydrogen-bond acceptors (Lipinski definition) is 3. The maximum atomic E-state index is 11.1. The van der Waals surface area contributed by atoms with Gasteiger partial charge in [0.05, 0.1) is 5.75 Å². The van der Waals surface area contributed by atoms with E-state index in [2.05, 4.69) is 26.1 Å². The van der Waals surface area contributed by atoms with Crippen LogP contribution in [0, 0.1) is 5.92 Å². The molecule has 1 N–H and O–H groups in total. The molecule has 3 nitrogen and oxygen atoms in total. The second kappa shape index (κ2) is 5.05. The summed E-state index contributed by atoms with van der Waals surface area (Å²) in [6, 6.07) is 0.488. The third kappa shape index (κ3) is 6.48. The normalized spacial score (nSPS) is 19.8.